The molecule has 27 heavy (non-hydrogen) atoms. The molecule has 2 aromatic rings. The molecule has 7 heteroatoms. The van der Waals surface area contributed by atoms with Gasteiger partial charge in [0.2, 0.25) is 0 Å². The van der Waals surface area contributed by atoms with Crippen molar-refractivity contribution in [2.75, 3.05) is 20.3 Å². The van der Waals surface area contributed by atoms with E-state index >= 15 is 0 Å². The molecule has 1 amide bonds. The maximum Gasteiger partial charge on any atom is 0.341 e. The van der Waals surface area contributed by atoms with Crippen molar-refractivity contribution >= 4 is 11.9 Å². The summed E-state index contributed by atoms with van der Waals surface area (Å²) >= 11 is 0. The Balaban J connectivity index is 2.08. The van der Waals surface area contributed by atoms with Gasteiger partial charge in [0.1, 0.15) is 5.75 Å². The lowest BCUT2D eigenvalue weighted by Crippen LogP contribution is -2.23. The molecule has 2 rings (SSSR count). The minimum atomic E-state index is -1.09. The van der Waals surface area contributed by atoms with Crippen LogP contribution in [0.25, 0.3) is 0 Å². The van der Waals surface area contributed by atoms with E-state index in [9.17, 15) is 9.59 Å². The van der Waals surface area contributed by atoms with Crippen molar-refractivity contribution in [3.05, 3.63) is 53.1 Å². The summed E-state index contributed by atoms with van der Waals surface area (Å²) in [5, 5.41) is 11.6. The van der Waals surface area contributed by atoms with E-state index in [0.717, 1.165) is 16.9 Å². The molecule has 0 aromatic heterocycles. The summed E-state index contributed by atoms with van der Waals surface area (Å²) in [6, 6.07) is 10.4. The van der Waals surface area contributed by atoms with Gasteiger partial charge in [0.05, 0.1) is 13.7 Å². The second-order valence-corrected chi connectivity index (χ2v) is 5.76. The zero-order chi connectivity index (χ0) is 19.8. The summed E-state index contributed by atoms with van der Waals surface area (Å²) in [7, 11) is 1.61. The molecule has 0 bridgehead atoms. The number of ether oxygens (including phenoxy) is 3. The molecule has 0 unspecified atom stereocenters. The lowest BCUT2D eigenvalue weighted by atomic mass is 10.1. The van der Waals surface area contributed by atoms with Crippen molar-refractivity contribution < 1.29 is 28.9 Å². The Hall–Kier alpha value is -3.22. The van der Waals surface area contributed by atoms with Crippen LogP contribution in [0, 0.1) is 6.92 Å². The number of aryl methyl sites for hydroxylation is 1. The Labute approximate surface area is 157 Å². The molecule has 7 nitrogen and oxygen atoms in total. The monoisotopic (exact) mass is 373 g/mol. The van der Waals surface area contributed by atoms with Crippen LogP contribution in [0.4, 0.5) is 0 Å². The normalized spacial score (nSPS) is 10.2. The number of carbonyl (C=O) groups is 2. The van der Waals surface area contributed by atoms with Gasteiger partial charge in [0.25, 0.3) is 5.91 Å². The van der Waals surface area contributed by atoms with E-state index in [1.807, 2.05) is 25.1 Å². The van der Waals surface area contributed by atoms with Gasteiger partial charge in [-0.2, -0.15) is 0 Å². The summed E-state index contributed by atoms with van der Waals surface area (Å²) in [6.45, 7) is 3.96. The maximum absolute atomic E-state index is 12.4. The van der Waals surface area contributed by atoms with Crippen LogP contribution >= 0.6 is 0 Å². The zero-order valence-corrected chi connectivity index (χ0v) is 15.6. The van der Waals surface area contributed by atoms with Crippen molar-refractivity contribution in [1.82, 2.24) is 5.32 Å². The second-order valence-electron chi connectivity index (χ2n) is 5.76. The van der Waals surface area contributed by atoms with Crippen LogP contribution in [-0.2, 0) is 11.3 Å². The number of amides is 1. The van der Waals surface area contributed by atoms with Crippen LogP contribution in [0.1, 0.15) is 28.4 Å². The van der Waals surface area contributed by atoms with Gasteiger partial charge in [-0.1, -0.05) is 12.1 Å². The van der Waals surface area contributed by atoms with Gasteiger partial charge >= 0.3 is 5.97 Å². The van der Waals surface area contributed by atoms with Crippen LogP contribution in [0.5, 0.6) is 17.2 Å². The van der Waals surface area contributed by atoms with Gasteiger partial charge in [0.15, 0.2) is 18.1 Å². The average Bonchev–Trinajstić information content (AvgIpc) is 2.66. The van der Waals surface area contributed by atoms with E-state index in [1.54, 1.807) is 20.1 Å². The first kappa shape index (κ1) is 20.1. The molecular weight excluding hydrogens is 350 g/mol. The van der Waals surface area contributed by atoms with Crippen LogP contribution in [0.3, 0.4) is 0 Å². The van der Waals surface area contributed by atoms with E-state index in [4.69, 9.17) is 19.3 Å². The third-order valence-corrected chi connectivity index (χ3v) is 3.78. The Morgan fingerprint density at radius 1 is 1.04 bits per heavy atom. The number of hydrogen-bond acceptors (Lipinski definition) is 5. The van der Waals surface area contributed by atoms with E-state index in [1.165, 1.54) is 12.1 Å². The van der Waals surface area contributed by atoms with E-state index in [-0.39, 0.29) is 11.7 Å². The zero-order valence-electron chi connectivity index (χ0n) is 15.6. The van der Waals surface area contributed by atoms with Gasteiger partial charge < -0.3 is 24.6 Å². The van der Waals surface area contributed by atoms with Crippen molar-refractivity contribution in [2.24, 2.45) is 0 Å². The smallest absolute Gasteiger partial charge is 0.341 e. The SMILES string of the molecule is CCOc1cc(C(=O)NCc2ccc(C)c(OC)c2)ccc1OCC(=O)O. The minimum absolute atomic E-state index is 0.277. The van der Waals surface area contributed by atoms with Crippen molar-refractivity contribution in [3.8, 4) is 17.2 Å². The largest absolute Gasteiger partial charge is 0.496 e. The highest BCUT2D eigenvalue weighted by Crippen LogP contribution is 2.28. The number of hydrogen-bond donors (Lipinski definition) is 2. The summed E-state index contributed by atoms with van der Waals surface area (Å²) in [5.74, 6) is -0.00383. The van der Waals surface area contributed by atoms with Crippen LogP contribution in [0.15, 0.2) is 36.4 Å². The molecule has 0 atom stereocenters. The Morgan fingerprint density at radius 3 is 2.48 bits per heavy atom. The molecule has 0 saturated carbocycles. The maximum atomic E-state index is 12.4. The van der Waals surface area contributed by atoms with Gasteiger partial charge in [-0.05, 0) is 49.2 Å². The fourth-order valence-electron chi connectivity index (χ4n) is 2.44. The molecule has 0 spiro atoms. The number of carboxylic acids is 1. The molecule has 0 aliphatic carbocycles. The first-order valence-electron chi connectivity index (χ1n) is 8.47. The molecule has 0 saturated heterocycles. The second kappa shape index (κ2) is 9.47. The average molecular weight is 373 g/mol. The first-order chi connectivity index (χ1) is 12.9. The fourth-order valence-corrected chi connectivity index (χ4v) is 2.44. The Kier molecular flexibility index (Phi) is 7.05. The molecule has 0 heterocycles. The first-order valence-corrected chi connectivity index (χ1v) is 8.47. The third kappa shape index (κ3) is 5.64. The van der Waals surface area contributed by atoms with Crippen LogP contribution in [-0.4, -0.2) is 37.3 Å². The van der Waals surface area contributed by atoms with Crippen molar-refractivity contribution in [1.29, 1.82) is 0 Å². The lowest BCUT2D eigenvalue weighted by molar-refractivity contribution is -0.139. The number of nitrogens with one attached hydrogen (secondary N) is 1. The highest BCUT2D eigenvalue weighted by atomic mass is 16.5. The topological polar surface area (TPSA) is 94.1 Å². The summed E-state index contributed by atoms with van der Waals surface area (Å²) in [5.41, 5.74) is 2.32. The molecule has 0 aliphatic heterocycles. The summed E-state index contributed by atoms with van der Waals surface area (Å²) in [4.78, 5) is 23.1. The number of carbonyl (C=O) groups excluding carboxylic acids is 1. The van der Waals surface area contributed by atoms with E-state index < -0.39 is 12.6 Å². The quantitative estimate of drug-likeness (QED) is 0.702. The molecule has 2 N–H and O–H groups in total. The number of benzene rings is 2. The van der Waals surface area contributed by atoms with Crippen LogP contribution < -0.4 is 19.5 Å². The van der Waals surface area contributed by atoms with E-state index in [0.29, 0.717) is 24.5 Å². The predicted molar refractivity (Wildman–Crippen MR) is 99.6 cm³/mol. The number of methoxy groups -OCH3 is 1. The Morgan fingerprint density at radius 2 is 1.81 bits per heavy atom. The van der Waals surface area contributed by atoms with E-state index in [2.05, 4.69) is 5.32 Å². The molecule has 144 valence electrons. The van der Waals surface area contributed by atoms with Crippen LogP contribution in [0.2, 0.25) is 0 Å². The number of aliphatic carboxylic acids is 1. The highest BCUT2D eigenvalue weighted by molar-refractivity contribution is 5.94. The summed E-state index contributed by atoms with van der Waals surface area (Å²) < 4.78 is 15.9. The standard InChI is InChI=1S/C20H23NO6/c1-4-26-18-10-15(7-8-16(18)27-12-19(22)23)20(24)21-11-14-6-5-13(2)17(9-14)25-3/h5-10H,4,11-12H2,1-3H3,(H,21,24)(H,22,23). The highest BCUT2D eigenvalue weighted by Gasteiger charge is 2.13. The van der Waals surface area contributed by atoms with Gasteiger partial charge in [0, 0.05) is 12.1 Å². The van der Waals surface area contributed by atoms with Gasteiger partial charge in [-0.3, -0.25) is 4.79 Å². The lowest BCUT2D eigenvalue weighted by Gasteiger charge is -2.13. The number of carboxylic acid groups (broad SMARTS) is 1. The predicted octanol–water partition coefficient (Wildman–Crippen LogP) is 2.80. The van der Waals surface area contributed by atoms with Crippen molar-refractivity contribution in [2.45, 2.75) is 20.4 Å². The number of rotatable bonds is 9. The summed E-state index contributed by atoms with van der Waals surface area (Å²) in [6.07, 6.45) is 0. The Bertz CT molecular complexity index is 818. The molecule has 0 fully saturated rings. The minimum Gasteiger partial charge on any atom is -0.496 e. The van der Waals surface area contributed by atoms with Gasteiger partial charge in [-0.25, -0.2) is 4.79 Å². The molecular formula is C20H23NO6. The van der Waals surface area contributed by atoms with Crippen molar-refractivity contribution in [3.63, 3.8) is 0 Å². The molecule has 0 radical (unpaired) electrons. The molecule has 0 aliphatic rings. The van der Waals surface area contributed by atoms with Gasteiger partial charge in [-0.15, -0.1) is 0 Å². The fraction of sp³-hybridized carbons (Fsp3) is 0.300. The third-order valence-electron chi connectivity index (χ3n) is 3.78. The molecule has 2 aromatic carbocycles.